The summed E-state index contributed by atoms with van der Waals surface area (Å²) in [5.74, 6) is 1.66. The second-order valence-electron chi connectivity index (χ2n) is 7.25. The van der Waals surface area contributed by atoms with Crippen molar-refractivity contribution in [2.45, 2.75) is 39.1 Å². The lowest BCUT2D eigenvalue weighted by Crippen LogP contribution is -2.36. The molecule has 0 amide bonds. The van der Waals surface area contributed by atoms with Crippen LogP contribution in [0.2, 0.25) is 0 Å². The lowest BCUT2D eigenvalue weighted by molar-refractivity contribution is 0.140. The molecule has 1 atom stereocenters. The molecule has 1 saturated heterocycles. The fraction of sp³-hybridized carbons (Fsp3) is 0.435. The summed E-state index contributed by atoms with van der Waals surface area (Å²) >= 11 is 0. The van der Waals surface area contributed by atoms with Crippen molar-refractivity contribution in [3.8, 4) is 5.75 Å². The smallest absolute Gasteiger partial charge is 0.191 e. The number of methoxy groups -OCH3 is 1. The first-order valence-corrected chi connectivity index (χ1v) is 10.0. The Labute approximate surface area is 173 Å². The zero-order chi connectivity index (χ0) is 20.5. The Morgan fingerprint density at radius 3 is 2.72 bits per heavy atom. The highest BCUT2D eigenvalue weighted by Crippen LogP contribution is 2.23. The highest BCUT2D eigenvalue weighted by molar-refractivity contribution is 5.79. The summed E-state index contributed by atoms with van der Waals surface area (Å²) in [7, 11) is 3.48. The molecule has 0 bridgehead atoms. The third-order valence-corrected chi connectivity index (χ3v) is 4.84. The molecule has 1 heterocycles. The summed E-state index contributed by atoms with van der Waals surface area (Å²) in [6.45, 7) is 5.44. The molecular formula is C23H31N3O3. The molecule has 1 aliphatic rings. The van der Waals surface area contributed by atoms with Crippen LogP contribution in [0, 0.1) is 6.92 Å². The Kier molecular flexibility index (Phi) is 7.90. The minimum atomic E-state index is 0.132. The minimum absolute atomic E-state index is 0.132. The molecule has 6 heteroatoms. The van der Waals surface area contributed by atoms with Crippen molar-refractivity contribution in [3.63, 3.8) is 0 Å². The highest BCUT2D eigenvalue weighted by Gasteiger charge is 2.18. The number of hydrogen-bond donors (Lipinski definition) is 2. The van der Waals surface area contributed by atoms with E-state index in [4.69, 9.17) is 14.2 Å². The summed E-state index contributed by atoms with van der Waals surface area (Å²) in [4.78, 5) is 4.34. The molecule has 0 aliphatic carbocycles. The summed E-state index contributed by atoms with van der Waals surface area (Å²) in [6.07, 6.45) is 1.07. The van der Waals surface area contributed by atoms with Gasteiger partial charge < -0.3 is 24.8 Å². The number of benzene rings is 2. The first-order valence-electron chi connectivity index (χ1n) is 10.0. The maximum Gasteiger partial charge on any atom is 0.191 e. The topological polar surface area (TPSA) is 64.1 Å². The zero-order valence-corrected chi connectivity index (χ0v) is 17.5. The molecule has 1 unspecified atom stereocenters. The van der Waals surface area contributed by atoms with Crippen molar-refractivity contribution in [1.29, 1.82) is 0 Å². The Morgan fingerprint density at radius 1 is 1.14 bits per heavy atom. The van der Waals surface area contributed by atoms with Gasteiger partial charge in [-0.15, -0.1) is 0 Å². The van der Waals surface area contributed by atoms with Crippen LogP contribution in [0.1, 0.15) is 28.7 Å². The van der Waals surface area contributed by atoms with Gasteiger partial charge in [0.15, 0.2) is 5.96 Å². The third kappa shape index (κ3) is 6.48. The summed E-state index contributed by atoms with van der Waals surface area (Å²) in [6, 6.07) is 14.6. The summed E-state index contributed by atoms with van der Waals surface area (Å²) in [5, 5.41) is 6.75. The van der Waals surface area contributed by atoms with Crippen LogP contribution in [0.5, 0.6) is 5.75 Å². The molecule has 29 heavy (non-hydrogen) atoms. The highest BCUT2D eigenvalue weighted by atomic mass is 16.5. The van der Waals surface area contributed by atoms with Crippen LogP contribution in [-0.4, -0.2) is 39.4 Å². The van der Waals surface area contributed by atoms with Gasteiger partial charge in [0.1, 0.15) is 11.9 Å². The van der Waals surface area contributed by atoms with E-state index >= 15 is 0 Å². The Morgan fingerprint density at radius 2 is 1.97 bits per heavy atom. The molecule has 156 valence electrons. The molecule has 0 aromatic heterocycles. The van der Waals surface area contributed by atoms with Crippen molar-refractivity contribution < 1.29 is 14.2 Å². The Bertz CT molecular complexity index is 817. The second kappa shape index (κ2) is 10.8. The first kappa shape index (κ1) is 21.1. The van der Waals surface area contributed by atoms with E-state index in [-0.39, 0.29) is 6.10 Å². The molecule has 1 fully saturated rings. The lowest BCUT2D eigenvalue weighted by atomic mass is 10.1. The van der Waals surface area contributed by atoms with Crippen LogP contribution in [0.15, 0.2) is 47.5 Å². The standard InChI is InChI=1S/C23H31N3O3/c1-17-7-8-20(22(11-17)29-21-9-10-28-16-21)14-26-23(24-2)25-13-18-5-4-6-19(12-18)15-27-3/h4-8,11-12,21H,9-10,13-16H2,1-3H3,(H2,24,25,26). The van der Waals surface area contributed by atoms with Gasteiger partial charge in [-0.1, -0.05) is 36.4 Å². The number of nitrogens with one attached hydrogen (secondary N) is 2. The van der Waals surface area contributed by atoms with Crippen molar-refractivity contribution in [1.82, 2.24) is 10.6 Å². The first-order chi connectivity index (χ1) is 14.2. The van der Waals surface area contributed by atoms with Crippen LogP contribution in [0.25, 0.3) is 0 Å². The van der Waals surface area contributed by atoms with E-state index < -0.39 is 0 Å². The molecular weight excluding hydrogens is 366 g/mol. The third-order valence-electron chi connectivity index (χ3n) is 4.84. The van der Waals surface area contributed by atoms with Crippen LogP contribution < -0.4 is 15.4 Å². The van der Waals surface area contributed by atoms with Gasteiger partial charge in [0.2, 0.25) is 0 Å². The van der Waals surface area contributed by atoms with Crippen LogP contribution in [0.4, 0.5) is 0 Å². The number of ether oxygens (including phenoxy) is 3. The van der Waals surface area contributed by atoms with Crippen LogP contribution in [-0.2, 0) is 29.2 Å². The molecule has 0 spiro atoms. The fourth-order valence-corrected chi connectivity index (χ4v) is 3.28. The quantitative estimate of drug-likeness (QED) is 0.529. The van der Waals surface area contributed by atoms with Gasteiger partial charge in [0.25, 0.3) is 0 Å². The van der Waals surface area contributed by atoms with E-state index in [1.54, 1.807) is 14.2 Å². The number of hydrogen-bond acceptors (Lipinski definition) is 4. The number of guanidine groups is 1. The van der Waals surface area contributed by atoms with E-state index in [2.05, 4.69) is 58.9 Å². The average molecular weight is 398 g/mol. The van der Waals surface area contributed by atoms with Crippen molar-refractivity contribution in [3.05, 3.63) is 64.7 Å². The zero-order valence-electron chi connectivity index (χ0n) is 17.5. The molecule has 6 nitrogen and oxygen atoms in total. The molecule has 3 rings (SSSR count). The number of nitrogens with zero attached hydrogens (tertiary/aromatic N) is 1. The van der Waals surface area contributed by atoms with E-state index in [1.165, 1.54) is 11.1 Å². The molecule has 2 aromatic rings. The predicted molar refractivity (Wildman–Crippen MR) is 115 cm³/mol. The van der Waals surface area contributed by atoms with Gasteiger partial charge in [-0.3, -0.25) is 4.99 Å². The Balaban J connectivity index is 1.57. The SMILES string of the molecule is CN=C(NCc1cccc(COC)c1)NCc1ccc(C)cc1OC1CCOC1. The lowest BCUT2D eigenvalue weighted by Gasteiger charge is -2.18. The van der Waals surface area contributed by atoms with Crippen LogP contribution >= 0.6 is 0 Å². The molecule has 0 saturated carbocycles. The maximum atomic E-state index is 6.18. The molecule has 2 aromatic carbocycles. The van der Waals surface area contributed by atoms with Gasteiger partial charge in [0.05, 0.1) is 19.8 Å². The predicted octanol–water partition coefficient (Wildman–Crippen LogP) is 3.17. The van der Waals surface area contributed by atoms with Crippen molar-refractivity contribution in [2.24, 2.45) is 4.99 Å². The average Bonchev–Trinajstić information content (AvgIpc) is 3.23. The van der Waals surface area contributed by atoms with Gasteiger partial charge in [-0.05, 0) is 29.7 Å². The maximum absolute atomic E-state index is 6.18. The number of rotatable bonds is 8. The Hall–Kier alpha value is -2.57. The van der Waals surface area contributed by atoms with Crippen LogP contribution in [0.3, 0.4) is 0 Å². The molecule has 2 N–H and O–H groups in total. The normalized spacial score (nSPS) is 16.7. The van der Waals surface area contributed by atoms with Crippen molar-refractivity contribution in [2.75, 3.05) is 27.4 Å². The minimum Gasteiger partial charge on any atom is -0.488 e. The van der Waals surface area contributed by atoms with Gasteiger partial charge >= 0.3 is 0 Å². The number of aliphatic imine (C=N–C) groups is 1. The van der Waals surface area contributed by atoms with Gasteiger partial charge in [-0.2, -0.15) is 0 Å². The number of aryl methyl sites for hydroxylation is 1. The van der Waals surface area contributed by atoms with E-state index in [0.29, 0.717) is 26.3 Å². The molecule has 1 aliphatic heterocycles. The van der Waals surface area contributed by atoms with E-state index in [1.807, 2.05) is 6.07 Å². The van der Waals surface area contributed by atoms with Gasteiger partial charge in [-0.25, -0.2) is 0 Å². The van der Waals surface area contributed by atoms with Gasteiger partial charge in [0, 0.05) is 39.2 Å². The summed E-state index contributed by atoms with van der Waals surface area (Å²) < 4.78 is 16.8. The van der Waals surface area contributed by atoms with E-state index in [0.717, 1.165) is 35.9 Å². The van der Waals surface area contributed by atoms with E-state index in [9.17, 15) is 0 Å². The summed E-state index contributed by atoms with van der Waals surface area (Å²) in [5.41, 5.74) is 4.63. The monoisotopic (exact) mass is 397 g/mol. The molecule has 0 radical (unpaired) electrons. The largest absolute Gasteiger partial charge is 0.488 e. The van der Waals surface area contributed by atoms with Crippen molar-refractivity contribution >= 4 is 5.96 Å². The fourth-order valence-electron chi connectivity index (χ4n) is 3.28. The second-order valence-corrected chi connectivity index (χ2v) is 7.25.